The zero-order chi connectivity index (χ0) is 65.9. The molecule has 504 valence electrons. The number of nitrogens with zero attached hydrogens (tertiary/aromatic N) is 4. The molecule has 88 heavy (non-hydrogen) atoms. The van der Waals surface area contributed by atoms with Crippen LogP contribution in [-0.4, -0.2) is 367 Å². The largest absolute Gasteiger partial charge is 0.480 e. The summed E-state index contributed by atoms with van der Waals surface area (Å²) in [6, 6.07) is -5.86. The van der Waals surface area contributed by atoms with Crippen LogP contribution in [0.5, 0.6) is 0 Å². The molecule has 4 aliphatic heterocycles. The average Bonchev–Trinajstić information content (AvgIpc) is 3.14. The van der Waals surface area contributed by atoms with E-state index >= 15 is 0 Å². The molecule has 4 aliphatic rings. The Morgan fingerprint density at radius 2 is 0.568 bits per heavy atom. The lowest BCUT2D eigenvalue weighted by Gasteiger charge is -2.42. The quantitative estimate of drug-likeness (QED) is 0.0297. The first-order chi connectivity index (χ1) is 41.5. The molecule has 0 unspecified atom stereocenters. The molecular weight excluding hydrogens is 1190 g/mol. The van der Waals surface area contributed by atoms with Crippen molar-refractivity contribution in [1.29, 1.82) is 0 Å². The average molecular weight is 1280 g/mol. The monoisotopic (exact) mass is 1280 g/mol. The number of hydrogen-bond acceptors (Lipinski definition) is 29. The van der Waals surface area contributed by atoms with Gasteiger partial charge in [-0.3, -0.25) is 43.2 Å². The Morgan fingerprint density at radius 3 is 0.773 bits per heavy atom. The van der Waals surface area contributed by atoms with E-state index < -0.39 is 281 Å². The van der Waals surface area contributed by atoms with Gasteiger partial charge in [0, 0.05) is 60.8 Å². The third-order valence-corrected chi connectivity index (χ3v) is 14.4. The van der Waals surface area contributed by atoms with Gasteiger partial charge in [-0.05, 0) is 0 Å². The normalized spacial score (nSPS) is 32.2. The standard InChI is InChI=1S/C50H84N8O30/c1-22(63)51-35-43(77)39(73)27(18-59)85-47(35)81-10-6-55(26(5)67)14-31(68)56(7-11-82-48-36(52-23(2)64)44(78)40(74)28(19-60)86-48)15-32(69)57(8-12-83-49-37(53-24(3)65)45(79)41(75)29(20-61)87-49)16-33(70)58(17-34(71)72)9-13-84-50-38(54-25(4)66)46(80)42(76)30(21-62)88-50/h27-30,35-50,59-62,73-80H,6-21H2,1-5H3,(H,51,63)(H,52,64)(H,53,65)(H,54,66)(H,71,72)/t27-,28-,29-,30-,35-,36-,37-,38-,39+,40+,41+,42+,43-,44-,45-,46-,47+,48+,49+,50+/m1/s1. The molecule has 0 aromatic carbocycles. The molecule has 0 aliphatic carbocycles. The van der Waals surface area contributed by atoms with E-state index in [2.05, 4.69) is 21.3 Å². The molecule has 4 fully saturated rings. The van der Waals surface area contributed by atoms with Crippen LogP contribution in [0, 0.1) is 0 Å². The van der Waals surface area contributed by atoms with Crippen molar-refractivity contribution in [1.82, 2.24) is 40.9 Å². The van der Waals surface area contributed by atoms with Gasteiger partial charge in [-0.25, -0.2) is 0 Å². The van der Waals surface area contributed by atoms with Gasteiger partial charge in [0.15, 0.2) is 25.2 Å². The topological polar surface area (TPSA) is 552 Å². The minimum Gasteiger partial charge on any atom is -0.480 e. The van der Waals surface area contributed by atoms with Crippen molar-refractivity contribution in [2.45, 2.75) is 157 Å². The minimum atomic E-state index is -1.80. The Bertz CT molecular complexity index is 2320. The maximum atomic E-state index is 14.8. The van der Waals surface area contributed by atoms with Crippen LogP contribution in [0.25, 0.3) is 0 Å². The summed E-state index contributed by atoms with van der Waals surface area (Å²) in [7, 11) is 0. The molecule has 4 rings (SSSR count). The molecule has 38 nitrogen and oxygen atoms in total. The summed E-state index contributed by atoms with van der Waals surface area (Å²) in [5.41, 5.74) is 0. The van der Waals surface area contributed by atoms with Gasteiger partial charge in [0.2, 0.25) is 47.3 Å². The predicted molar refractivity (Wildman–Crippen MR) is 285 cm³/mol. The van der Waals surface area contributed by atoms with Crippen molar-refractivity contribution in [3.63, 3.8) is 0 Å². The van der Waals surface area contributed by atoms with E-state index in [-0.39, 0.29) is 0 Å². The molecule has 0 saturated carbocycles. The van der Waals surface area contributed by atoms with E-state index in [0.29, 0.717) is 4.90 Å². The summed E-state index contributed by atoms with van der Waals surface area (Å²) in [6.07, 6.45) is -26.2. The van der Waals surface area contributed by atoms with Gasteiger partial charge < -0.3 is 145 Å². The summed E-state index contributed by atoms with van der Waals surface area (Å²) in [5.74, 6) is -8.53. The second kappa shape index (κ2) is 35.7. The van der Waals surface area contributed by atoms with Crippen LogP contribution in [0.4, 0.5) is 0 Å². The maximum absolute atomic E-state index is 14.8. The summed E-state index contributed by atoms with van der Waals surface area (Å²) in [6.45, 7) is -6.93. The van der Waals surface area contributed by atoms with Gasteiger partial charge >= 0.3 is 5.97 Å². The van der Waals surface area contributed by atoms with Crippen LogP contribution < -0.4 is 21.3 Å². The number of carbonyl (C=O) groups excluding carboxylic acids is 8. The second-order valence-corrected chi connectivity index (χ2v) is 21.0. The molecule has 0 bridgehead atoms. The third kappa shape index (κ3) is 21.3. The summed E-state index contributed by atoms with van der Waals surface area (Å²) in [4.78, 5) is 121. The van der Waals surface area contributed by atoms with Gasteiger partial charge in [-0.15, -0.1) is 0 Å². The Hall–Kier alpha value is -5.57. The fourth-order valence-corrected chi connectivity index (χ4v) is 9.74. The highest BCUT2D eigenvalue weighted by Gasteiger charge is 2.49. The van der Waals surface area contributed by atoms with E-state index in [1.807, 2.05) is 0 Å². The Kier molecular flexibility index (Phi) is 30.4. The Morgan fingerprint density at radius 1 is 0.352 bits per heavy atom. The number of hydrogen-bond donors (Lipinski definition) is 17. The number of carboxylic acids is 1. The number of nitrogens with one attached hydrogen (secondary N) is 4. The van der Waals surface area contributed by atoms with Gasteiger partial charge in [-0.1, -0.05) is 0 Å². The number of carbonyl (C=O) groups is 9. The van der Waals surface area contributed by atoms with Crippen LogP contribution in [0.2, 0.25) is 0 Å². The van der Waals surface area contributed by atoms with Crippen molar-refractivity contribution in [2.75, 3.05) is 105 Å². The molecule has 20 atom stereocenters. The third-order valence-electron chi connectivity index (χ3n) is 14.4. The minimum absolute atomic E-state index is 0.455. The number of aliphatic hydroxyl groups excluding tert-OH is 12. The molecule has 0 spiro atoms. The first-order valence-corrected chi connectivity index (χ1v) is 27.8. The molecule has 0 radical (unpaired) electrons. The SMILES string of the molecule is CC(=O)N[C@H]1[C@@H](OCCN(CC(=O)N(CCO[C@H]2O[C@H](CO)[C@H](O)[C@H](O)[C@H]2NC(C)=O)CC(=O)N(CCO[C@H]2O[C@H](CO)[C@H](O)[C@H](O)[C@H]2NC(C)=O)CC(=O)N(CCO[C@H]2O[C@H](CO)[C@H](O)[C@H](O)[C@H]2NC(C)=O)CC(=O)O)C(C)=O)O[C@H](CO)[C@H](O)[C@@H]1O. The number of amides is 8. The lowest BCUT2D eigenvalue weighted by molar-refractivity contribution is -0.270. The predicted octanol–water partition coefficient (Wildman–Crippen LogP) is -12.8. The summed E-state index contributed by atoms with van der Waals surface area (Å²) >= 11 is 0. The van der Waals surface area contributed by atoms with E-state index in [1.165, 1.54) is 0 Å². The van der Waals surface area contributed by atoms with Gasteiger partial charge in [0.05, 0.1) is 72.5 Å². The number of carboxylic acid groups (broad SMARTS) is 1. The molecular formula is C50H84N8O30. The number of aliphatic carboxylic acids is 1. The first kappa shape index (κ1) is 74.9. The van der Waals surface area contributed by atoms with Crippen molar-refractivity contribution >= 4 is 53.2 Å². The molecule has 0 aromatic heterocycles. The van der Waals surface area contributed by atoms with Gasteiger partial charge in [0.25, 0.3) is 0 Å². The van der Waals surface area contributed by atoms with E-state index in [9.17, 15) is 110 Å². The Labute approximate surface area is 503 Å². The van der Waals surface area contributed by atoms with Crippen LogP contribution in [-0.2, 0) is 81.0 Å². The summed E-state index contributed by atoms with van der Waals surface area (Å²) in [5, 5.41) is 144. The lowest BCUT2D eigenvalue weighted by atomic mass is 9.97. The fourth-order valence-electron chi connectivity index (χ4n) is 9.74. The molecule has 4 saturated heterocycles. The first-order valence-electron chi connectivity index (χ1n) is 27.8. The number of rotatable bonds is 32. The number of aliphatic hydroxyl groups is 12. The zero-order valence-electron chi connectivity index (χ0n) is 48.9. The molecule has 17 N–H and O–H groups in total. The van der Waals surface area contributed by atoms with E-state index in [1.54, 1.807) is 0 Å². The van der Waals surface area contributed by atoms with E-state index in [4.69, 9.17) is 37.9 Å². The van der Waals surface area contributed by atoms with E-state index in [0.717, 1.165) is 49.3 Å². The smallest absolute Gasteiger partial charge is 0.323 e. The highest BCUT2D eigenvalue weighted by molar-refractivity contribution is 5.90. The maximum Gasteiger partial charge on any atom is 0.323 e. The molecule has 38 heteroatoms. The zero-order valence-corrected chi connectivity index (χ0v) is 48.9. The fraction of sp³-hybridized carbons (Fsp3) is 0.820. The van der Waals surface area contributed by atoms with Crippen molar-refractivity contribution < 1.29 is 147 Å². The molecule has 4 heterocycles. The Balaban J connectivity index is 1.70. The van der Waals surface area contributed by atoms with Crippen LogP contribution in [0.1, 0.15) is 34.6 Å². The highest BCUT2D eigenvalue weighted by Crippen LogP contribution is 2.26. The van der Waals surface area contributed by atoms with Crippen molar-refractivity contribution in [3.05, 3.63) is 0 Å². The van der Waals surface area contributed by atoms with Crippen molar-refractivity contribution in [3.8, 4) is 0 Å². The van der Waals surface area contributed by atoms with Crippen LogP contribution in [0.3, 0.4) is 0 Å². The molecule has 0 aromatic rings. The molecule has 8 amide bonds. The van der Waals surface area contributed by atoms with Gasteiger partial charge in [-0.2, -0.15) is 0 Å². The van der Waals surface area contributed by atoms with Crippen LogP contribution in [0.15, 0.2) is 0 Å². The number of ether oxygens (including phenoxy) is 8. The highest BCUT2D eigenvalue weighted by atomic mass is 16.7. The summed E-state index contributed by atoms with van der Waals surface area (Å²) < 4.78 is 45.5. The van der Waals surface area contributed by atoms with Gasteiger partial charge in [0.1, 0.15) is 104 Å². The second-order valence-electron chi connectivity index (χ2n) is 21.0. The van der Waals surface area contributed by atoms with Crippen molar-refractivity contribution in [2.24, 2.45) is 0 Å². The lowest BCUT2D eigenvalue weighted by Crippen LogP contribution is -2.64. The van der Waals surface area contributed by atoms with Crippen LogP contribution >= 0.6 is 0 Å².